The third-order valence-corrected chi connectivity index (χ3v) is 21.0. The van der Waals surface area contributed by atoms with Gasteiger partial charge in [0.1, 0.15) is 45.0 Å². The lowest BCUT2D eigenvalue weighted by Crippen LogP contribution is -2.61. The highest BCUT2D eigenvalue weighted by Gasteiger charge is 2.54. The highest BCUT2D eigenvalue weighted by molar-refractivity contribution is 6.99. The van der Waals surface area contributed by atoms with Crippen LogP contribution in [0.3, 0.4) is 0 Å². The van der Waals surface area contributed by atoms with Crippen molar-refractivity contribution in [2.24, 2.45) is 0 Å². The zero-order valence-corrected chi connectivity index (χ0v) is 53.5. The van der Waals surface area contributed by atoms with E-state index in [0.29, 0.717) is 5.69 Å². The highest BCUT2D eigenvalue weighted by Crippen LogP contribution is 2.58. The Kier molecular flexibility index (Phi) is 12.9. The van der Waals surface area contributed by atoms with Crippen LogP contribution in [0, 0.1) is 6.92 Å². The van der Waals surface area contributed by atoms with Gasteiger partial charge in [-0.05, 0) is 182 Å². The lowest BCUT2D eigenvalue weighted by molar-refractivity contribution is 0.282. The predicted molar refractivity (Wildman–Crippen MR) is 362 cm³/mol. The van der Waals surface area contributed by atoms with Gasteiger partial charge in [-0.15, -0.1) is 16.4 Å². The van der Waals surface area contributed by atoms with Crippen LogP contribution in [0.15, 0.2) is 89.3 Å². The van der Waals surface area contributed by atoms with Crippen molar-refractivity contribution in [3.63, 3.8) is 0 Å². The van der Waals surface area contributed by atoms with Crippen LogP contribution in [0.1, 0.15) is 213 Å². The molecule has 5 aliphatic rings. The summed E-state index contributed by atoms with van der Waals surface area (Å²) in [4.78, 5) is 7.38. The molecule has 0 saturated carbocycles. The van der Waals surface area contributed by atoms with E-state index in [9.17, 15) is 0 Å². The second kappa shape index (κ2) is 18.5. The van der Waals surface area contributed by atoms with Gasteiger partial charge < -0.3 is 19.1 Å². The predicted octanol–water partition coefficient (Wildman–Crippen LogP) is 12.8. The fourth-order valence-corrected chi connectivity index (χ4v) is 15.2. The molecule has 0 saturated heterocycles. The average Bonchev–Trinajstić information content (AvgIpc) is 1.73. The molecule has 0 atom stereocenters. The van der Waals surface area contributed by atoms with Crippen molar-refractivity contribution >= 4 is 141 Å². The van der Waals surface area contributed by atoms with E-state index >= 15 is 0 Å². The maximum atomic E-state index is 7.90. The van der Waals surface area contributed by atoms with Crippen LogP contribution in [0.25, 0.3) is 0 Å². The van der Waals surface area contributed by atoms with Gasteiger partial charge in [-0.2, -0.15) is 0 Å². The monoisotopic (exact) mass is 1080 g/mol. The zero-order chi connectivity index (χ0) is 60.2. The molecule has 12 rings (SSSR count). The summed E-state index contributed by atoms with van der Waals surface area (Å²) in [5, 5.41) is 0. The summed E-state index contributed by atoms with van der Waals surface area (Å²) >= 11 is 0. The van der Waals surface area contributed by atoms with Crippen molar-refractivity contribution in [2.75, 3.05) is 14.7 Å². The number of rotatable bonds is 5. The summed E-state index contributed by atoms with van der Waals surface area (Å²) in [5.74, 6) is 1.08. The van der Waals surface area contributed by atoms with E-state index in [0.717, 1.165) is 95.4 Å². The van der Waals surface area contributed by atoms with Crippen LogP contribution < -0.4 is 58.6 Å². The van der Waals surface area contributed by atoms with E-state index in [1.165, 1.54) is 55.4 Å². The van der Waals surface area contributed by atoms with Crippen LogP contribution in [0.2, 0.25) is 0 Å². The normalized spacial score (nSPS) is 19.2. The maximum Gasteiger partial charge on any atom is 0.297 e. The number of fused-ring (bicyclic) bond motifs is 8. The molecule has 0 amide bonds. The second-order valence-electron chi connectivity index (χ2n) is 31.8. The Morgan fingerprint density at radius 2 is 0.940 bits per heavy atom. The van der Waals surface area contributed by atoms with Crippen molar-refractivity contribution in [1.82, 2.24) is 0 Å². The third kappa shape index (κ3) is 8.78. The number of anilines is 9. The number of benzene rings is 6. The van der Waals surface area contributed by atoms with Crippen molar-refractivity contribution in [3.8, 4) is 0 Å². The number of hydrogen-bond donors (Lipinski definition) is 0. The van der Waals surface area contributed by atoms with Crippen LogP contribution in [-0.4, -0.2) is 45.9 Å². The Morgan fingerprint density at radius 1 is 0.458 bits per heavy atom. The van der Waals surface area contributed by atoms with Crippen LogP contribution in [0.5, 0.6) is 0 Å². The third-order valence-electron chi connectivity index (χ3n) is 21.0. The van der Waals surface area contributed by atoms with Crippen molar-refractivity contribution in [1.29, 1.82) is 0 Å². The molecule has 1 aromatic heterocycles. The van der Waals surface area contributed by atoms with E-state index in [2.05, 4.69) is 231 Å². The molecule has 414 valence electrons. The molecule has 7 aromatic rings. The summed E-state index contributed by atoms with van der Waals surface area (Å²) in [5.41, 5.74) is 23.0. The van der Waals surface area contributed by atoms with Crippen molar-refractivity contribution in [3.05, 3.63) is 135 Å². The number of aryl methyl sites for hydroxylation is 1. The SMILES string of the molecule is [B]c1c([B])c([B])c(N(c2cc3c4c(c2)N(c2ccc(C(C)(C)C)cc2)c2c(oc5c2C(C)(C)CCC5(C)C)B4c2cc4c(cc2N3c2ccc(C(C)(C)C)cc2C)C(C)(C)CCC4(C)C)c2ccc3c(c2)C(C)(C)CCC3(C)C)c([B])c1[B]. The highest BCUT2D eigenvalue weighted by atomic mass is 16.3. The molecule has 3 aliphatic carbocycles. The molecule has 0 bridgehead atoms. The Labute approximate surface area is 505 Å². The quantitative estimate of drug-likeness (QED) is 0.160. The van der Waals surface area contributed by atoms with Gasteiger partial charge in [0.05, 0.1) is 17.0 Å². The molecule has 0 fully saturated rings. The van der Waals surface area contributed by atoms with E-state index in [1.54, 1.807) is 0 Å². The molecule has 0 spiro atoms. The molecule has 10 radical (unpaired) electrons. The average molecular weight is 1080 g/mol. The largest absolute Gasteiger partial charge is 0.472 e. The zero-order valence-electron chi connectivity index (χ0n) is 53.5. The Morgan fingerprint density at radius 3 is 1.49 bits per heavy atom. The fraction of sp³-hybridized carbons (Fsp3) is 0.452. The summed E-state index contributed by atoms with van der Waals surface area (Å²) in [6, 6.07) is 33.3. The van der Waals surface area contributed by atoms with Gasteiger partial charge in [-0.1, -0.05) is 172 Å². The molecule has 0 unspecified atom stereocenters. The number of nitrogens with zero attached hydrogens (tertiary/aromatic N) is 3. The first-order valence-electron chi connectivity index (χ1n) is 30.7. The van der Waals surface area contributed by atoms with Gasteiger partial charge in [0.25, 0.3) is 6.71 Å². The fourth-order valence-electron chi connectivity index (χ4n) is 15.2. The van der Waals surface area contributed by atoms with Gasteiger partial charge in [-0.25, -0.2) is 0 Å². The van der Waals surface area contributed by atoms with Gasteiger partial charge in [0, 0.05) is 50.8 Å². The number of hydrogen-bond acceptors (Lipinski definition) is 4. The summed E-state index contributed by atoms with van der Waals surface area (Å²) in [6.07, 6.45) is 6.34. The molecule has 2 aliphatic heterocycles. The molecule has 4 nitrogen and oxygen atoms in total. The Bertz CT molecular complexity index is 3850. The minimum Gasteiger partial charge on any atom is -0.472 e. The summed E-state index contributed by atoms with van der Waals surface area (Å²) < 4.78 is 7.90. The maximum absolute atomic E-state index is 7.90. The molecule has 0 N–H and O–H groups in total. The first-order valence-corrected chi connectivity index (χ1v) is 30.7. The van der Waals surface area contributed by atoms with Gasteiger partial charge >= 0.3 is 0 Å². The lowest BCUT2D eigenvalue weighted by Gasteiger charge is -2.47. The topological polar surface area (TPSA) is 22.9 Å². The molecular formula is C73H83B6N3O. The Balaban J connectivity index is 1.29. The second-order valence-corrected chi connectivity index (χ2v) is 31.8. The molecule has 10 heteroatoms. The van der Waals surface area contributed by atoms with Crippen LogP contribution in [-0.2, 0) is 43.3 Å². The molecular weight excluding hydrogens is 1000 g/mol. The van der Waals surface area contributed by atoms with E-state index in [1.807, 2.05) is 0 Å². The van der Waals surface area contributed by atoms with E-state index < -0.39 is 0 Å². The minimum absolute atomic E-state index is 0.0303. The first-order chi connectivity index (χ1) is 38.4. The van der Waals surface area contributed by atoms with Gasteiger partial charge in [-0.3, -0.25) is 0 Å². The van der Waals surface area contributed by atoms with Crippen molar-refractivity contribution in [2.45, 2.75) is 213 Å². The van der Waals surface area contributed by atoms with Gasteiger partial charge in [0.15, 0.2) is 0 Å². The molecule has 3 heterocycles. The van der Waals surface area contributed by atoms with Gasteiger partial charge in [0.2, 0.25) is 0 Å². The molecule has 83 heavy (non-hydrogen) atoms. The minimum atomic E-state index is -0.281. The smallest absolute Gasteiger partial charge is 0.297 e. The van der Waals surface area contributed by atoms with E-state index in [4.69, 9.17) is 43.6 Å². The summed E-state index contributed by atoms with van der Waals surface area (Å²) in [6.45, 7) is 44.7. The standard InChI is InChI=1S/C73H83B6N3O/c1-40-34-42(67(5,6)7)22-27-51(40)82-52-39-49-48(70(12,13)30-31-71(49,14)15)38-50(52)79-61-53(81(43-23-20-41(21-24-43)66(2,3)4)62-55-64(83-65(62)79)73(18,19)33-32-72(55,16)17)36-45(37-54(61)82)80(63-59(77)57(75)56(74)58(76)60(63)78)44-25-26-46-47(35-44)69(10,11)29-28-68(46,8)9/h20-27,34-39H,28-33H2,1-19H3. The Hall–Kier alpha value is -5.61. The van der Waals surface area contributed by atoms with E-state index in [-0.39, 0.29) is 77.3 Å². The van der Waals surface area contributed by atoms with Crippen LogP contribution in [0.4, 0.5) is 51.2 Å². The van der Waals surface area contributed by atoms with Crippen molar-refractivity contribution < 1.29 is 4.42 Å². The first kappa shape index (κ1) is 57.8. The lowest BCUT2D eigenvalue weighted by atomic mass is 9.35. The summed E-state index contributed by atoms with van der Waals surface area (Å²) in [7, 11) is 35.5. The number of furan rings is 1. The van der Waals surface area contributed by atoms with Crippen LogP contribution >= 0.6 is 0 Å². The molecule has 6 aromatic carbocycles.